The van der Waals surface area contributed by atoms with Crippen LogP contribution in [0.5, 0.6) is 5.75 Å². The van der Waals surface area contributed by atoms with Crippen molar-refractivity contribution in [3.05, 3.63) is 24.3 Å². The van der Waals surface area contributed by atoms with Gasteiger partial charge in [0.2, 0.25) is 11.8 Å². The molecule has 0 fully saturated rings. The van der Waals surface area contributed by atoms with Gasteiger partial charge in [-0.3, -0.25) is 9.59 Å². The predicted molar refractivity (Wildman–Crippen MR) is 95.9 cm³/mol. The first-order valence-electron chi connectivity index (χ1n) is 8.39. The molecule has 0 spiro atoms. The molecule has 0 aliphatic heterocycles. The van der Waals surface area contributed by atoms with E-state index in [4.69, 9.17) is 10.5 Å². The van der Waals surface area contributed by atoms with Crippen molar-refractivity contribution in [2.45, 2.75) is 33.6 Å². The van der Waals surface area contributed by atoms with Crippen LogP contribution in [0.15, 0.2) is 24.3 Å². The Morgan fingerprint density at radius 3 is 2.42 bits per heavy atom. The van der Waals surface area contributed by atoms with E-state index in [0.717, 1.165) is 0 Å². The molecule has 0 aliphatic rings. The molecule has 0 aromatic heterocycles. The highest BCUT2D eigenvalue weighted by molar-refractivity contribution is 5.95. The van der Waals surface area contributed by atoms with Crippen LogP contribution >= 0.6 is 0 Å². The van der Waals surface area contributed by atoms with Crippen LogP contribution in [0.2, 0.25) is 0 Å². The summed E-state index contributed by atoms with van der Waals surface area (Å²) < 4.78 is 5.14. The lowest BCUT2D eigenvalue weighted by molar-refractivity contribution is -0.144. The van der Waals surface area contributed by atoms with Gasteiger partial charge in [0.1, 0.15) is 5.75 Å². The van der Waals surface area contributed by atoms with Gasteiger partial charge in [0.05, 0.1) is 19.1 Å². The molecule has 134 valence electrons. The number of hydrogen-bond donors (Lipinski definition) is 2. The lowest BCUT2D eigenvalue weighted by atomic mass is 9.81. The average Bonchev–Trinajstić information content (AvgIpc) is 2.61. The molecular weight excluding hydrogens is 306 g/mol. The van der Waals surface area contributed by atoms with Crippen molar-refractivity contribution in [1.82, 2.24) is 4.90 Å². The number of nitrogens with two attached hydrogens (primary N) is 1. The van der Waals surface area contributed by atoms with E-state index in [2.05, 4.69) is 5.32 Å². The molecule has 0 saturated carbocycles. The van der Waals surface area contributed by atoms with Crippen LogP contribution in [-0.2, 0) is 9.59 Å². The minimum atomic E-state index is -0.591. The Morgan fingerprint density at radius 1 is 1.25 bits per heavy atom. The van der Waals surface area contributed by atoms with E-state index in [1.54, 1.807) is 36.3 Å². The monoisotopic (exact) mass is 335 g/mol. The van der Waals surface area contributed by atoms with Crippen molar-refractivity contribution in [1.29, 1.82) is 0 Å². The Balaban J connectivity index is 2.80. The number of methoxy groups -OCH3 is 1. The molecule has 0 bridgehead atoms. The summed E-state index contributed by atoms with van der Waals surface area (Å²) in [6, 6.07) is 7.11. The van der Waals surface area contributed by atoms with Gasteiger partial charge in [0.15, 0.2) is 0 Å². The number of rotatable bonds is 9. The third kappa shape index (κ3) is 4.71. The summed E-state index contributed by atoms with van der Waals surface area (Å²) in [4.78, 5) is 26.7. The number of amides is 2. The SMILES string of the molecule is CCN(CC(=O)Nc1cccc(OC)c1)C(=O)C(CC)(CC)CN. The fourth-order valence-corrected chi connectivity index (χ4v) is 2.67. The first-order chi connectivity index (χ1) is 11.5. The normalized spacial score (nSPS) is 11.0. The summed E-state index contributed by atoms with van der Waals surface area (Å²) in [5.41, 5.74) is 5.89. The highest BCUT2D eigenvalue weighted by Gasteiger charge is 2.36. The molecule has 1 aromatic carbocycles. The zero-order valence-electron chi connectivity index (χ0n) is 15.1. The highest BCUT2D eigenvalue weighted by atomic mass is 16.5. The van der Waals surface area contributed by atoms with E-state index in [-0.39, 0.29) is 24.9 Å². The zero-order valence-corrected chi connectivity index (χ0v) is 15.1. The van der Waals surface area contributed by atoms with E-state index >= 15 is 0 Å². The quantitative estimate of drug-likeness (QED) is 0.725. The van der Waals surface area contributed by atoms with E-state index in [1.165, 1.54) is 0 Å². The second-order valence-electron chi connectivity index (χ2n) is 5.79. The Morgan fingerprint density at radius 2 is 1.92 bits per heavy atom. The fourth-order valence-electron chi connectivity index (χ4n) is 2.67. The van der Waals surface area contributed by atoms with Crippen LogP contribution in [0.25, 0.3) is 0 Å². The molecule has 3 N–H and O–H groups in total. The first-order valence-corrected chi connectivity index (χ1v) is 8.39. The molecule has 24 heavy (non-hydrogen) atoms. The number of nitrogens with one attached hydrogen (secondary N) is 1. The van der Waals surface area contributed by atoms with Gasteiger partial charge in [0, 0.05) is 24.8 Å². The molecule has 0 radical (unpaired) electrons. The smallest absolute Gasteiger partial charge is 0.243 e. The molecule has 6 heteroatoms. The standard InChI is InChI=1S/C18H29N3O3/c1-5-18(6-2,13-19)17(23)21(7-3)12-16(22)20-14-9-8-10-15(11-14)24-4/h8-11H,5-7,12-13,19H2,1-4H3,(H,20,22). The van der Waals surface area contributed by atoms with Gasteiger partial charge in [-0.1, -0.05) is 19.9 Å². The molecule has 0 unspecified atom stereocenters. The number of benzene rings is 1. The fraction of sp³-hybridized carbons (Fsp3) is 0.556. The predicted octanol–water partition coefficient (Wildman–Crippen LogP) is 2.25. The summed E-state index contributed by atoms with van der Waals surface area (Å²) in [5.74, 6) is 0.366. The van der Waals surface area contributed by atoms with Gasteiger partial charge in [-0.25, -0.2) is 0 Å². The van der Waals surface area contributed by atoms with Crippen LogP contribution in [0.3, 0.4) is 0 Å². The topological polar surface area (TPSA) is 84.7 Å². The first kappa shape index (κ1) is 20.0. The van der Waals surface area contributed by atoms with Crippen molar-refractivity contribution >= 4 is 17.5 Å². The molecule has 0 aliphatic carbocycles. The van der Waals surface area contributed by atoms with Crippen LogP contribution in [0.4, 0.5) is 5.69 Å². The Hall–Kier alpha value is -2.08. The number of carbonyl (C=O) groups excluding carboxylic acids is 2. The lowest BCUT2D eigenvalue weighted by Crippen LogP contribution is -2.49. The number of ether oxygens (including phenoxy) is 1. The summed E-state index contributed by atoms with van der Waals surface area (Å²) in [6.45, 7) is 6.54. The maximum atomic E-state index is 12.8. The second-order valence-corrected chi connectivity index (χ2v) is 5.79. The minimum Gasteiger partial charge on any atom is -0.497 e. The number of carbonyl (C=O) groups is 2. The van der Waals surface area contributed by atoms with Crippen LogP contribution < -0.4 is 15.8 Å². The maximum absolute atomic E-state index is 12.8. The third-order valence-corrected chi connectivity index (χ3v) is 4.55. The van der Waals surface area contributed by atoms with Gasteiger partial charge in [-0.15, -0.1) is 0 Å². The van der Waals surface area contributed by atoms with E-state index in [0.29, 0.717) is 30.8 Å². The lowest BCUT2D eigenvalue weighted by Gasteiger charge is -2.34. The molecule has 0 heterocycles. The largest absolute Gasteiger partial charge is 0.497 e. The molecule has 2 amide bonds. The van der Waals surface area contributed by atoms with Crippen molar-refractivity contribution in [2.24, 2.45) is 11.1 Å². The van der Waals surface area contributed by atoms with Gasteiger partial charge in [-0.2, -0.15) is 0 Å². The Kier molecular flexibility index (Phi) is 7.71. The summed E-state index contributed by atoms with van der Waals surface area (Å²) in [7, 11) is 1.57. The van der Waals surface area contributed by atoms with Gasteiger partial charge in [-0.05, 0) is 31.9 Å². The van der Waals surface area contributed by atoms with Crippen molar-refractivity contribution < 1.29 is 14.3 Å². The van der Waals surface area contributed by atoms with Crippen LogP contribution in [0.1, 0.15) is 33.6 Å². The second kappa shape index (κ2) is 9.27. The number of likely N-dealkylation sites (N-methyl/N-ethyl adjacent to an activating group) is 1. The molecule has 1 aromatic rings. The van der Waals surface area contributed by atoms with Crippen molar-refractivity contribution in [2.75, 3.05) is 32.1 Å². The van der Waals surface area contributed by atoms with E-state index in [1.807, 2.05) is 20.8 Å². The number of anilines is 1. The minimum absolute atomic E-state index is 0.00823. The summed E-state index contributed by atoms with van der Waals surface area (Å²) in [5, 5.41) is 2.80. The van der Waals surface area contributed by atoms with Crippen LogP contribution in [0, 0.1) is 5.41 Å². The number of hydrogen-bond acceptors (Lipinski definition) is 4. The van der Waals surface area contributed by atoms with Gasteiger partial charge >= 0.3 is 0 Å². The molecular formula is C18H29N3O3. The highest BCUT2D eigenvalue weighted by Crippen LogP contribution is 2.27. The van der Waals surface area contributed by atoms with Gasteiger partial charge < -0.3 is 20.7 Å². The zero-order chi connectivity index (χ0) is 18.2. The van der Waals surface area contributed by atoms with E-state index < -0.39 is 5.41 Å². The molecule has 1 rings (SSSR count). The molecule has 0 saturated heterocycles. The van der Waals surface area contributed by atoms with Crippen LogP contribution in [-0.4, -0.2) is 43.5 Å². The Bertz CT molecular complexity index is 548. The molecule has 0 atom stereocenters. The third-order valence-electron chi connectivity index (χ3n) is 4.55. The Labute approximate surface area is 144 Å². The van der Waals surface area contributed by atoms with Crippen molar-refractivity contribution in [3.63, 3.8) is 0 Å². The van der Waals surface area contributed by atoms with E-state index in [9.17, 15) is 9.59 Å². The summed E-state index contributed by atoms with van der Waals surface area (Å²) >= 11 is 0. The van der Waals surface area contributed by atoms with Gasteiger partial charge in [0.25, 0.3) is 0 Å². The average molecular weight is 335 g/mol. The summed E-state index contributed by atoms with van der Waals surface area (Å²) in [6.07, 6.45) is 1.32. The number of nitrogens with zero attached hydrogens (tertiary/aromatic N) is 1. The van der Waals surface area contributed by atoms with Crippen molar-refractivity contribution in [3.8, 4) is 5.75 Å². The maximum Gasteiger partial charge on any atom is 0.243 e. The molecule has 6 nitrogen and oxygen atoms in total.